The second kappa shape index (κ2) is 5.91. The summed E-state index contributed by atoms with van der Waals surface area (Å²) >= 11 is 0. The van der Waals surface area contributed by atoms with Crippen molar-refractivity contribution in [2.75, 3.05) is 0 Å². The van der Waals surface area contributed by atoms with E-state index in [1.54, 1.807) is 0 Å². The molecule has 15 heavy (non-hydrogen) atoms. The molecule has 3 heteroatoms. The van der Waals surface area contributed by atoms with E-state index in [4.69, 9.17) is 0 Å². The summed E-state index contributed by atoms with van der Waals surface area (Å²) in [7, 11) is 0. The highest BCUT2D eigenvalue weighted by Crippen LogP contribution is 2.11. The first-order chi connectivity index (χ1) is 7.15. The molecule has 0 aliphatic carbocycles. The van der Waals surface area contributed by atoms with E-state index in [1.165, 1.54) is 5.69 Å². The van der Waals surface area contributed by atoms with Gasteiger partial charge in [-0.15, -0.1) is 0 Å². The minimum Gasteiger partial charge on any atom is -0.393 e. The average molecular weight is 210 g/mol. The van der Waals surface area contributed by atoms with Gasteiger partial charge in [-0.3, -0.25) is 4.68 Å². The molecule has 0 aromatic carbocycles. The normalized spacial score (nSPS) is 13.4. The smallest absolute Gasteiger partial charge is 0.0566 e. The molecule has 1 aromatic rings. The molecule has 0 saturated carbocycles. The third kappa shape index (κ3) is 3.67. The Morgan fingerprint density at radius 3 is 2.80 bits per heavy atom. The van der Waals surface area contributed by atoms with Crippen LogP contribution in [0.4, 0.5) is 0 Å². The SMILES string of the molecule is CCCn1nccc1CCC(O)C(C)C. The lowest BCUT2D eigenvalue weighted by Gasteiger charge is -2.14. The summed E-state index contributed by atoms with van der Waals surface area (Å²) in [5.74, 6) is 0.340. The molecule has 0 radical (unpaired) electrons. The molecule has 0 aliphatic heterocycles. The highest BCUT2D eigenvalue weighted by Gasteiger charge is 2.10. The number of hydrogen-bond acceptors (Lipinski definition) is 2. The van der Waals surface area contributed by atoms with Crippen LogP contribution in [0.25, 0.3) is 0 Å². The summed E-state index contributed by atoms with van der Waals surface area (Å²) in [5.41, 5.74) is 1.23. The fourth-order valence-corrected chi connectivity index (χ4v) is 1.61. The van der Waals surface area contributed by atoms with E-state index in [9.17, 15) is 5.11 Å². The zero-order chi connectivity index (χ0) is 11.3. The molecule has 0 aliphatic rings. The molecule has 1 aromatic heterocycles. The van der Waals surface area contributed by atoms with Gasteiger partial charge in [-0.1, -0.05) is 20.8 Å². The van der Waals surface area contributed by atoms with Gasteiger partial charge in [0.1, 0.15) is 0 Å². The predicted molar refractivity (Wildman–Crippen MR) is 61.7 cm³/mol. The monoisotopic (exact) mass is 210 g/mol. The van der Waals surface area contributed by atoms with E-state index in [2.05, 4.69) is 12.0 Å². The van der Waals surface area contributed by atoms with Crippen LogP contribution in [0.15, 0.2) is 12.3 Å². The van der Waals surface area contributed by atoms with Crippen LogP contribution < -0.4 is 0 Å². The molecule has 1 atom stereocenters. The Bertz CT molecular complexity index is 281. The maximum absolute atomic E-state index is 9.72. The maximum atomic E-state index is 9.72. The second-order valence-electron chi connectivity index (χ2n) is 4.40. The number of aliphatic hydroxyl groups is 1. The lowest BCUT2D eigenvalue weighted by molar-refractivity contribution is 0.116. The third-order valence-electron chi connectivity index (χ3n) is 2.71. The Kier molecular flexibility index (Phi) is 4.82. The molecule has 0 amide bonds. The van der Waals surface area contributed by atoms with Crippen LogP contribution in [0.1, 0.15) is 39.3 Å². The van der Waals surface area contributed by atoms with Crippen LogP contribution in [0.3, 0.4) is 0 Å². The van der Waals surface area contributed by atoms with E-state index < -0.39 is 0 Å². The Hall–Kier alpha value is -0.830. The number of aromatic nitrogens is 2. The van der Waals surface area contributed by atoms with Gasteiger partial charge in [0.25, 0.3) is 0 Å². The summed E-state index contributed by atoms with van der Waals surface area (Å²) < 4.78 is 2.03. The summed E-state index contributed by atoms with van der Waals surface area (Å²) in [5, 5.41) is 14.0. The molecule has 0 saturated heterocycles. The lowest BCUT2D eigenvalue weighted by atomic mass is 10.0. The topological polar surface area (TPSA) is 38.0 Å². The average Bonchev–Trinajstić information content (AvgIpc) is 2.62. The highest BCUT2D eigenvalue weighted by molar-refractivity contribution is 5.00. The number of rotatable bonds is 6. The molecule has 1 rings (SSSR count). The van der Waals surface area contributed by atoms with Gasteiger partial charge in [0.05, 0.1) is 6.10 Å². The van der Waals surface area contributed by atoms with Crippen molar-refractivity contribution in [1.29, 1.82) is 0 Å². The van der Waals surface area contributed by atoms with Gasteiger partial charge in [0.15, 0.2) is 0 Å². The van der Waals surface area contributed by atoms with Gasteiger partial charge in [0, 0.05) is 18.4 Å². The maximum Gasteiger partial charge on any atom is 0.0566 e. The van der Waals surface area contributed by atoms with Crippen molar-refractivity contribution in [2.45, 2.75) is 52.7 Å². The van der Waals surface area contributed by atoms with Crippen LogP contribution in [0, 0.1) is 5.92 Å². The molecule has 0 bridgehead atoms. The number of hydrogen-bond donors (Lipinski definition) is 1. The fourth-order valence-electron chi connectivity index (χ4n) is 1.61. The van der Waals surface area contributed by atoms with Gasteiger partial charge in [0.2, 0.25) is 0 Å². The van der Waals surface area contributed by atoms with Crippen molar-refractivity contribution in [3.63, 3.8) is 0 Å². The standard InChI is InChI=1S/C12H22N2O/c1-4-9-14-11(7-8-13-14)5-6-12(15)10(2)3/h7-8,10,12,15H,4-6,9H2,1-3H3. The van der Waals surface area contributed by atoms with Gasteiger partial charge in [-0.05, 0) is 31.2 Å². The van der Waals surface area contributed by atoms with Crippen molar-refractivity contribution in [2.24, 2.45) is 5.92 Å². The molecule has 1 N–H and O–H groups in total. The van der Waals surface area contributed by atoms with E-state index in [0.29, 0.717) is 5.92 Å². The van der Waals surface area contributed by atoms with Crippen molar-refractivity contribution in [3.8, 4) is 0 Å². The van der Waals surface area contributed by atoms with Crippen LogP contribution >= 0.6 is 0 Å². The van der Waals surface area contributed by atoms with Crippen LogP contribution in [0.2, 0.25) is 0 Å². The summed E-state index contributed by atoms with van der Waals surface area (Å²) in [6.45, 7) is 7.22. The Balaban J connectivity index is 2.46. The number of aryl methyl sites for hydroxylation is 2. The molecular weight excluding hydrogens is 188 g/mol. The molecule has 0 spiro atoms. The van der Waals surface area contributed by atoms with E-state index in [0.717, 1.165) is 25.8 Å². The van der Waals surface area contributed by atoms with Crippen LogP contribution in [0.5, 0.6) is 0 Å². The first-order valence-corrected chi connectivity index (χ1v) is 5.84. The molecule has 1 unspecified atom stereocenters. The van der Waals surface area contributed by atoms with Gasteiger partial charge in [-0.25, -0.2) is 0 Å². The first kappa shape index (κ1) is 12.2. The molecule has 86 valence electrons. The van der Waals surface area contributed by atoms with Crippen LogP contribution in [-0.2, 0) is 13.0 Å². The van der Waals surface area contributed by atoms with Crippen LogP contribution in [-0.4, -0.2) is 21.0 Å². The third-order valence-corrected chi connectivity index (χ3v) is 2.71. The molecule has 3 nitrogen and oxygen atoms in total. The molecular formula is C12H22N2O. The van der Waals surface area contributed by atoms with Crippen molar-refractivity contribution in [1.82, 2.24) is 9.78 Å². The van der Waals surface area contributed by atoms with Crippen molar-refractivity contribution >= 4 is 0 Å². The zero-order valence-electron chi connectivity index (χ0n) is 9.98. The fraction of sp³-hybridized carbons (Fsp3) is 0.750. The quantitative estimate of drug-likeness (QED) is 0.782. The highest BCUT2D eigenvalue weighted by atomic mass is 16.3. The zero-order valence-corrected chi connectivity index (χ0v) is 9.98. The van der Waals surface area contributed by atoms with Crippen molar-refractivity contribution in [3.05, 3.63) is 18.0 Å². The first-order valence-electron chi connectivity index (χ1n) is 5.84. The number of aliphatic hydroxyl groups excluding tert-OH is 1. The minimum atomic E-state index is -0.199. The van der Waals surface area contributed by atoms with Gasteiger partial charge < -0.3 is 5.11 Å². The predicted octanol–water partition coefficient (Wildman–Crippen LogP) is 2.24. The minimum absolute atomic E-state index is 0.199. The largest absolute Gasteiger partial charge is 0.393 e. The second-order valence-corrected chi connectivity index (χ2v) is 4.40. The molecule has 1 heterocycles. The summed E-state index contributed by atoms with van der Waals surface area (Å²) in [6.07, 6.45) is 4.48. The lowest BCUT2D eigenvalue weighted by Crippen LogP contribution is -2.16. The summed E-state index contributed by atoms with van der Waals surface area (Å²) in [6, 6.07) is 2.04. The van der Waals surface area contributed by atoms with Crippen molar-refractivity contribution < 1.29 is 5.11 Å². The van der Waals surface area contributed by atoms with Gasteiger partial charge in [-0.2, -0.15) is 5.10 Å². The van der Waals surface area contributed by atoms with E-state index in [1.807, 2.05) is 30.8 Å². The van der Waals surface area contributed by atoms with E-state index in [-0.39, 0.29) is 6.10 Å². The number of nitrogens with zero attached hydrogens (tertiary/aromatic N) is 2. The van der Waals surface area contributed by atoms with E-state index >= 15 is 0 Å². The Morgan fingerprint density at radius 1 is 1.47 bits per heavy atom. The summed E-state index contributed by atoms with van der Waals surface area (Å²) in [4.78, 5) is 0. The Morgan fingerprint density at radius 2 is 2.20 bits per heavy atom. The Labute approximate surface area is 92.1 Å². The van der Waals surface area contributed by atoms with Gasteiger partial charge >= 0.3 is 0 Å². The molecule has 0 fully saturated rings.